The first kappa shape index (κ1) is 17.5. The molecule has 0 radical (unpaired) electrons. The van der Waals surface area contributed by atoms with Crippen LogP contribution in [0.15, 0.2) is 53.1 Å². The van der Waals surface area contributed by atoms with Crippen molar-refractivity contribution >= 4 is 13.3 Å². The molecule has 1 atom stereocenters. The van der Waals surface area contributed by atoms with Crippen molar-refractivity contribution in [2.24, 2.45) is 0 Å². The van der Waals surface area contributed by atoms with Gasteiger partial charge in [-0.05, 0) is 0 Å². The van der Waals surface area contributed by atoms with E-state index < -0.39 is 24.7 Å². The van der Waals surface area contributed by atoms with Crippen LogP contribution < -0.4 is 5.19 Å². The van der Waals surface area contributed by atoms with E-state index in [-0.39, 0.29) is 0 Å². The van der Waals surface area contributed by atoms with Gasteiger partial charge in [0, 0.05) is 0 Å². The van der Waals surface area contributed by atoms with Crippen LogP contribution in [-0.4, -0.2) is 8.07 Å². The first-order chi connectivity index (χ1) is 10.8. The van der Waals surface area contributed by atoms with Crippen LogP contribution in [0.5, 0.6) is 0 Å². The monoisotopic (exact) mass is 360 g/mol. The van der Waals surface area contributed by atoms with Crippen molar-refractivity contribution in [2.45, 2.75) is 64.7 Å². The van der Waals surface area contributed by atoms with Crippen molar-refractivity contribution in [3.8, 4) is 0 Å². The Hall–Kier alpha value is -0.369. The zero-order chi connectivity index (χ0) is 16.7. The van der Waals surface area contributed by atoms with Gasteiger partial charge < -0.3 is 0 Å². The summed E-state index contributed by atoms with van der Waals surface area (Å²) >= 11 is -1.74. The molecular weight excluding hydrogens is 328 g/mol. The van der Waals surface area contributed by atoms with Crippen LogP contribution >= 0.6 is 0 Å². The second-order valence-electron chi connectivity index (χ2n) is 9.20. The number of rotatable bonds is 4. The van der Waals surface area contributed by atoms with Crippen molar-refractivity contribution in [1.82, 2.24) is 0 Å². The second kappa shape index (κ2) is 6.50. The molecule has 23 heavy (non-hydrogen) atoms. The first-order valence-corrected chi connectivity index (χ1v) is 18.1. The molecule has 0 aromatic heterocycles. The van der Waals surface area contributed by atoms with E-state index >= 15 is 0 Å². The Morgan fingerprint density at radius 2 is 1.65 bits per heavy atom. The summed E-state index contributed by atoms with van der Waals surface area (Å²) in [6.45, 7) is 5.13. The molecule has 0 saturated heterocycles. The molecule has 0 fully saturated rings. The molecule has 0 saturated carbocycles. The summed E-state index contributed by atoms with van der Waals surface area (Å²) in [5.74, 6) is 0. The molecule has 2 aliphatic rings. The van der Waals surface area contributed by atoms with Gasteiger partial charge in [0.25, 0.3) is 0 Å². The van der Waals surface area contributed by atoms with Crippen molar-refractivity contribution in [1.29, 1.82) is 0 Å². The summed E-state index contributed by atoms with van der Waals surface area (Å²) in [6, 6.07) is 12.7. The Labute approximate surface area is 147 Å². The summed E-state index contributed by atoms with van der Waals surface area (Å²) < 4.78 is 0.876. The summed E-state index contributed by atoms with van der Waals surface area (Å²) in [6.07, 6.45) is 8.23. The number of benzene rings is 1. The van der Waals surface area contributed by atoms with Crippen LogP contribution in [0.25, 0.3) is 0 Å². The predicted molar refractivity (Wildman–Crippen MR) is 103 cm³/mol. The fourth-order valence-electron chi connectivity index (χ4n) is 4.71. The third-order valence-electron chi connectivity index (χ3n) is 5.70. The third-order valence-corrected chi connectivity index (χ3v) is 12.7. The van der Waals surface area contributed by atoms with E-state index in [0.717, 1.165) is 4.22 Å². The number of hydrogen-bond donors (Lipinski definition) is 0. The van der Waals surface area contributed by atoms with Gasteiger partial charge in [-0.25, -0.2) is 0 Å². The van der Waals surface area contributed by atoms with Crippen molar-refractivity contribution in [2.75, 3.05) is 0 Å². The van der Waals surface area contributed by atoms with E-state index in [1.165, 1.54) is 31.7 Å². The fourth-order valence-corrected chi connectivity index (χ4v) is 11.8. The average Bonchev–Trinajstić information content (AvgIpc) is 2.85. The van der Waals surface area contributed by atoms with Gasteiger partial charge in [-0.3, -0.25) is 0 Å². The molecule has 0 amide bonds. The summed E-state index contributed by atoms with van der Waals surface area (Å²) in [4.78, 5) is 0. The Balaban J connectivity index is 1.90. The van der Waals surface area contributed by atoms with Crippen LogP contribution in [0.4, 0.5) is 0 Å². The molecule has 1 aromatic rings. The maximum atomic E-state index is 2.66. The standard InChI is InChI=1S/C18H23Si.3CH3.Ti/c1-19(2,18-10-4-3-5-11-18)14-15-12-16-8-6-7-9-17(16)13-15;;;;/h3-5,10-13H,6-9,14H2,1-2H3;3*1H3;. The van der Waals surface area contributed by atoms with Gasteiger partial charge in [0.15, 0.2) is 0 Å². The molecule has 0 bridgehead atoms. The minimum absolute atomic E-state index is 0.876. The molecule has 3 rings (SSSR count). The number of allylic oxidation sites excluding steroid dienone is 4. The number of hydrogen-bond acceptors (Lipinski definition) is 0. The summed E-state index contributed by atoms with van der Waals surface area (Å²) in [5.41, 5.74) is 5.44. The second-order valence-corrected chi connectivity index (χ2v) is 22.2. The predicted octanol–water partition coefficient (Wildman–Crippen LogP) is 6.50. The Morgan fingerprint density at radius 1 is 1.00 bits per heavy atom. The Morgan fingerprint density at radius 3 is 2.30 bits per heavy atom. The van der Waals surface area contributed by atoms with E-state index in [4.69, 9.17) is 0 Å². The summed E-state index contributed by atoms with van der Waals surface area (Å²) in [7, 11) is -1.39. The van der Waals surface area contributed by atoms with Gasteiger partial charge in [0.2, 0.25) is 0 Å². The van der Waals surface area contributed by atoms with E-state index in [1.54, 1.807) is 10.8 Å². The molecule has 0 N–H and O–H groups in total. The topological polar surface area (TPSA) is 0 Å². The van der Waals surface area contributed by atoms with Crippen molar-refractivity contribution in [3.63, 3.8) is 0 Å². The third kappa shape index (κ3) is 3.67. The van der Waals surface area contributed by atoms with Crippen LogP contribution in [0.1, 0.15) is 25.7 Å². The molecule has 0 heterocycles. The van der Waals surface area contributed by atoms with E-state index in [0.29, 0.717) is 0 Å². The fraction of sp³-hybridized carbons (Fsp3) is 0.524. The van der Waals surface area contributed by atoms with Crippen LogP contribution in [-0.2, 0) is 16.6 Å². The minimum atomic E-state index is -1.74. The molecular formula is C21H32SiTi. The maximum absolute atomic E-state index is 2.66. The van der Waals surface area contributed by atoms with Gasteiger partial charge >= 0.3 is 148 Å². The van der Waals surface area contributed by atoms with Gasteiger partial charge in [0.1, 0.15) is 0 Å². The first-order valence-electron chi connectivity index (χ1n) is 9.27. The van der Waals surface area contributed by atoms with E-state index in [2.05, 4.69) is 65.2 Å². The average molecular weight is 360 g/mol. The van der Waals surface area contributed by atoms with E-state index in [9.17, 15) is 0 Å². The Bertz CT molecular complexity index is 632. The van der Waals surface area contributed by atoms with Gasteiger partial charge in [-0.2, -0.15) is 0 Å². The van der Waals surface area contributed by atoms with Gasteiger partial charge in [-0.15, -0.1) is 0 Å². The molecule has 0 spiro atoms. The quantitative estimate of drug-likeness (QED) is 0.538. The summed E-state index contributed by atoms with van der Waals surface area (Å²) in [5, 5.41) is 9.49. The molecule has 124 valence electrons. The molecule has 0 aliphatic heterocycles. The van der Waals surface area contributed by atoms with E-state index in [1.807, 2.05) is 11.1 Å². The molecule has 1 unspecified atom stereocenters. The van der Waals surface area contributed by atoms with Gasteiger partial charge in [-0.1, -0.05) is 0 Å². The zero-order valence-corrected chi connectivity index (χ0v) is 18.1. The molecule has 2 heteroatoms. The molecule has 1 aromatic carbocycles. The molecule has 2 aliphatic carbocycles. The SMILES string of the molecule is C[Si](C)(CC1=CC2=C(CCCC2)[CH]1[Ti]([CH3])([CH3])[CH3])c1ccccc1. The van der Waals surface area contributed by atoms with Crippen LogP contribution in [0, 0.1) is 0 Å². The molecule has 0 nitrogen and oxygen atoms in total. The van der Waals surface area contributed by atoms with Crippen LogP contribution in [0.2, 0.25) is 39.0 Å². The zero-order valence-electron chi connectivity index (χ0n) is 15.6. The van der Waals surface area contributed by atoms with Crippen molar-refractivity contribution in [3.05, 3.63) is 53.1 Å². The van der Waals surface area contributed by atoms with Crippen LogP contribution in [0.3, 0.4) is 0 Å². The van der Waals surface area contributed by atoms with Crippen molar-refractivity contribution < 1.29 is 16.6 Å². The normalized spacial score (nSPS) is 22.1. The Kier molecular flexibility index (Phi) is 4.93. The van der Waals surface area contributed by atoms with Gasteiger partial charge in [0.05, 0.1) is 0 Å².